The molecule has 3 aromatic rings. The molecular weight excluding hydrogens is 368 g/mol. The monoisotopic (exact) mass is 386 g/mol. The fourth-order valence-electron chi connectivity index (χ4n) is 3.71. The second-order valence-electron chi connectivity index (χ2n) is 6.83. The van der Waals surface area contributed by atoms with Gasteiger partial charge in [0.15, 0.2) is 17.3 Å². The lowest BCUT2D eigenvalue weighted by Gasteiger charge is -2.20. The quantitative estimate of drug-likeness (QED) is 0.685. The molecule has 0 saturated heterocycles. The highest BCUT2D eigenvalue weighted by molar-refractivity contribution is 5.97. The molecule has 1 unspecified atom stereocenters. The average Bonchev–Trinajstić information content (AvgIpc) is 3.33. The fraction of sp³-hybridized carbons (Fsp3) is 0.238. The normalized spacial score (nSPS) is 17.2. The van der Waals surface area contributed by atoms with Crippen LogP contribution in [-0.2, 0) is 17.9 Å². The summed E-state index contributed by atoms with van der Waals surface area (Å²) in [5.41, 5.74) is 3.07. The summed E-state index contributed by atoms with van der Waals surface area (Å²) < 4.78 is 15.4. The second kappa shape index (κ2) is 7.04. The summed E-state index contributed by atoms with van der Waals surface area (Å²) >= 11 is 0. The fourth-order valence-corrected chi connectivity index (χ4v) is 3.71. The van der Waals surface area contributed by atoms with Gasteiger partial charge in [0.2, 0.25) is 0 Å². The van der Waals surface area contributed by atoms with Crippen LogP contribution in [0.25, 0.3) is 11.3 Å². The van der Waals surface area contributed by atoms with E-state index < -0.39 is 0 Å². The number of methoxy groups -OCH3 is 1. The molecular formula is C21H18N6O2. The van der Waals surface area contributed by atoms with Crippen molar-refractivity contribution in [1.82, 2.24) is 24.3 Å². The molecule has 2 aromatic heterocycles. The van der Waals surface area contributed by atoms with E-state index >= 15 is 0 Å². The molecule has 1 aromatic carbocycles. The first-order chi connectivity index (χ1) is 14.3. The van der Waals surface area contributed by atoms with Gasteiger partial charge in [-0.05, 0) is 24.6 Å². The Bertz CT molecular complexity index is 1170. The molecule has 0 bridgehead atoms. The summed E-state index contributed by atoms with van der Waals surface area (Å²) in [4.78, 5) is 4.29. The molecule has 144 valence electrons. The third-order valence-electron chi connectivity index (χ3n) is 5.19. The van der Waals surface area contributed by atoms with Gasteiger partial charge >= 0.3 is 0 Å². The molecule has 1 atom stereocenters. The lowest BCUT2D eigenvalue weighted by atomic mass is 10.0. The van der Waals surface area contributed by atoms with E-state index in [0.717, 1.165) is 35.0 Å². The van der Waals surface area contributed by atoms with Gasteiger partial charge < -0.3 is 14.0 Å². The van der Waals surface area contributed by atoms with Crippen molar-refractivity contribution in [3.05, 3.63) is 71.8 Å². The first kappa shape index (κ1) is 17.4. The van der Waals surface area contributed by atoms with Gasteiger partial charge in [0.05, 0.1) is 24.0 Å². The molecule has 2 aliphatic rings. The summed E-state index contributed by atoms with van der Waals surface area (Å²) in [5, 5.41) is 18.4. The van der Waals surface area contributed by atoms with Crippen LogP contribution in [0.1, 0.15) is 29.5 Å². The summed E-state index contributed by atoms with van der Waals surface area (Å²) in [6.45, 7) is 0.706. The topological polar surface area (TPSA) is 90.8 Å². The number of imidazole rings is 1. The van der Waals surface area contributed by atoms with E-state index in [-0.39, 0.29) is 12.7 Å². The number of hydrogen-bond donors (Lipinski definition) is 0. The van der Waals surface area contributed by atoms with E-state index in [1.165, 1.54) is 0 Å². The van der Waals surface area contributed by atoms with Gasteiger partial charge in [-0.25, -0.2) is 4.98 Å². The van der Waals surface area contributed by atoms with E-state index in [0.29, 0.717) is 18.1 Å². The number of aromatic nitrogens is 5. The van der Waals surface area contributed by atoms with Gasteiger partial charge in [0.1, 0.15) is 24.8 Å². The molecule has 8 heteroatoms. The van der Waals surface area contributed by atoms with Crippen molar-refractivity contribution in [2.75, 3.05) is 7.11 Å². The van der Waals surface area contributed by atoms with Gasteiger partial charge in [-0.2, -0.15) is 5.26 Å². The molecule has 0 spiro atoms. The molecule has 8 nitrogen and oxygen atoms in total. The smallest absolute Gasteiger partial charge is 0.171 e. The first-order valence-corrected chi connectivity index (χ1v) is 9.30. The zero-order chi connectivity index (χ0) is 19.8. The molecule has 0 saturated carbocycles. The summed E-state index contributed by atoms with van der Waals surface area (Å²) in [6.07, 6.45) is 6.55. The predicted molar refractivity (Wildman–Crippen MR) is 105 cm³/mol. The van der Waals surface area contributed by atoms with Crippen molar-refractivity contribution >= 4 is 11.3 Å². The van der Waals surface area contributed by atoms with Crippen LogP contribution in [-0.4, -0.2) is 37.5 Å². The van der Waals surface area contributed by atoms with Crippen LogP contribution in [0.4, 0.5) is 0 Å². The SMILES string of the molecule is COC1C=C2C(=CC1)n1cnc(C#N)c1Cn1c(COc3ccccc3)nnc12. The maximum absolute atomic E-state index is 9.53. The first-order valence-electron chi connectivity index (χ1n) is 9.30. The van der Waals surface area contributed by atoms with Crippen molar-refractivity contribution in [2.45, 2.75) is 25.7 Å². The Morgan fingerprint density at radius 1 is 1.24 bits per heavy atom. The van der Waals surface area contributed by atoms with Crippen molar-refractivity contribution < 1.29 is 9.47 Å². The van der Waals surface area contributed by atoms with Gasteiger partial charge in [-0.15, -0.1) is 10.2 Å². The number of fused-ring (bicyclic) bond motifs is 5. The molecule has 0 radical (unpaired) electrons. The lowest BCUT2D eigenvalue weighted by molar-refractivity contribution is 0.143. The Balaban J connectivity index is 1.59. The van der Waals surface area contributed by atoms with Crippen LogP contribution < -0.4 is 4.74 Å². The molecule has 3 heterocycles. The van der Waals surface area contributed by atoms with Gasteiger partial charge in [-0.3, -0.25) is 4.57 Å². The number of allylic oxidation sites excluding steroid dienone is 2. The average molecular weight is 386 g/mol. The Morgan fingerprint density at radius 2 is 2.10 bits per heavy atom. The summed E-state index contributed by atoms with van der Waals surface area (Å²) in [5.74, 6) is 2.18. The third-order valence-corrected chi connectivity index (χ3v) is 5.19. The van der Waals surface area contributed by atoms with Crippen LogP contribution in [0.2, 0.25) is 0 Å². The zero-order valence-electron chi connectivity index (χ0n) is 15.8. The number of rotatable bonds is 4. The number of para-hydroxylation sites is 1. The minimum absolute atomic E-state index is 0.0385. The van der Waals surface area contributed by atoms with Crippen LogP contribution in [0, 0.1) is 11.3 Å². The Kier molecular flexibility index (Phi) is 4.22. The van der Waals surface area contributed by atoms with E-state index in [4.69, 9.17) is 9.47 Å². The molecule has 5 rings (SSSR count). The van der Waals surface area contributed by atoms with E-state index in [9.17, 15) is 5.26 Å². The van der Waals surface area contributed by atoms with Crippen molar-refractivity contribution in [1.29, 1.82) is 5.26 Å². The number of hydrogen-bond acceptors (Lipinski definition) is 6. The molecule has 0 amide bonds. The molecule has 1 aliphatic heterocycles. The summed E-state index contributed by atoms with van der Waals surface area (Å²) in [7, 11) is 1.69. The third kappa shape index (κ3) is 2.92. The van der Waals surface area contributed by atoms with E-state index in [1.54, 1.807) is 13.4 Å². The number of benzene rings is 1. The van der Waals surface area contributed by atoms with Crippen molar-refractivity contribution in [3.63, 3.8) is 0 Å². The largest absolute Gasteiger partial charge is 0.486 e. The Labute approximate surface area is 167 Å². The minimum Gasteiger partial charge on any atom is -0.486 e. The van der Waals surface area contributed by atoms with Gasteiger partial charge in [0, 0.05) is 12.7 Å². The van der Waals surface area contributed by atoms with Gasteiger partial charge in [0.25, 0.3) is 0 Å². The Hall–Kier alpha value is -3.70. The minimum atomic E-state index is -0.0385. The van der Waals surface area contributed by atoms with Crippen LogP contribution in [0.5, 0.6) is 5.75 Å². The molecule has 0 N–H and O–H groups in total. The molecule has 0 fully saturated rings. The maximum Gasteiger partial charge on any atom is 0.171 e. The predicted octanol–water partition coefficient (Wildman–Crippen LogP) is 2.63. The van der Waals surface area contributed by atoms with E-state index in [1.807, 2.05) is 39.5 Å². The van der Waals surface area contributed by atoms with E-state index in [2.05, 4.69) is 33.4 Å². The zero-order valence-corrected chi connectivity index (χ0v) is 15.8. The maximum atomic E-state index is 9.53. The highest BCUT2D eigenvalue weighted by Crippen LogP contribution is 2.36. The number of nitrogens with zero attached hydrogens (tertiary/aromatic N) is 6. The van der Waals surface area contributed by atoms with Crippen LogP contribution in [0.15, 0.2) is 48.8 Å². The lowest BCUT2D eigenvalue weighted by Crippen LogP contribution is -2.14. The van der Waals surface area contributed by atoms with Crippen molar-refractivity contribution in [3.8, 4) is 11.8 Å². The van der Waals surface area contributed by atoms with Crippen LogP contribution >= 0.6 is 0 Å². The standard InChI is InChI=1S/C21H18N6O2/c1-28-15-7-8-18-16(9-15)21-25-24-20(12-29-14-5-3-2-4-6-14)26(21)11-19-17(10-22)23-13-27(18)19/h2-6,8-9,13,15H,7,11-12H2,1H3. The van der Waals surface area contributed by atoms with Gasteiger partial charge in [-0.1, -0.05) is 24.3 Å². The molecule has 1 aliphatic carbocycles. The van der Waals surface area contributed by atoms with Crippen molar-refractivity contribution in [2.24, 2.45) is 0 Å². The Morgan fingerprint density at radius 3 is 2.90 bits per heavy atom. The highest BCUT2D eigenvalue weighted by atomic mass is 16.5. The summed E-state index contributed by atoms with van der Waals surface area (Å²) in [6, 6.07) is 11.8. The second-order valence-corrected chi connectivity index (χ2v) is 6.83. The number of ether oxygens (including phenoxy) is 2. The molecule has 29 heavy (non-hydrogen) atoms. The highest BCUT2D eigenvalue weighted by Gasteiger charge is 2.30. The van der Waals surface area contributed by atoms with Crippen LogP contribution in [0.3, 0.4) is 0 Å². The number of nitriles is 1.